The summed E-state index contributed by atoms with van der Waals surface area (Å²) in [7, 11) is 0. The summed E-state index contributed by atoms with van der Waals surface area (Å²) in [5.74, 6) is -0.323. The number of rotatable bonds is 2. The molecule has 2 unspecified atom stereocenters. The Morgan fingerprint density at radius 2 is 2.00 bits per heavy atom. The fraction of sp³-hybridized carbons (Fsp3) is 0.500. The second-order valence-electron chi connectivity index (χ2n) is 4.91. The number of nitriles is 1. The van der Waals surface area contributed by atoms with E-state index in [2.05, 4.69) is 18.7 Å². The fourth-order valence-corrected chi connectivity index (χ4v) is 3.86. The second-order valence-corrected chi connectivity index (χ2v) is 6.79. The molecule has 2 atom stereocenters. The normalized spacial score (nSPS) is 24.8. The number of thioether (sulfide) groups is 1. The van der Waals surface area contributed by atoms with Crippen molar-refractivity contribution in [1.29, 1.82) is 5.26 Å². The van der Waals surface area contributed by atoms with Crippen molar-refractivity contribution in [3.8, 4) is 6.07 Å². The van der Waals surface area contributed by atoms with Crippen LogP contribution in [0.3, 0.4) is 0 Å². The van der Waals surface area contributed by atoms with E-state index in [1.807, 2.05) is 17.8 Å². The van der Waals surface area contributed by atoms with Crippen LogP contribution < -0.4 is 0 Å². The molecule has 0 aliphatic carbocycles. The van der Waals surface area contributed by atoms with Crippen LogP contribution in [0.25, 0.3) is 0 Å². The summed E-state index contributed by atoms with van der Waals surface area (Å²) in [6, 6.07) is 6.58. The predicted molar refractivity (Wildman–Crippen MR) is 72.9 cm³/mol. The van der Waals surface area contributed by atoms with Crippen LogP contribution in [0.5, 0.6) is 0 Å². The summed E-state index contributed by atoms with van der Waals surface area (Å²) in [5, 5.41) is 10.1. The van der Waals surface area contributed by atoms with Gasteiger partial charge in [-0.05, 0) is 23.8 Å². The van der Waals surface area contributed by atoms with Gasteiger partial charge in [0.05, 0.1) is 11.6 Å². The molecule has 0 N–H and O–H groups in total. The van der Waals surface area contributed by atoms with Gasteiger partial charge in [0.2, 0.25) is 0 Å². The molecular formula is C14H17FN2S. The lowest BCUT2D eigenvalue weighted by atomic mass is 10.1. The zero-order chi connectivity index (χ0) is 13.1. The highest BCUT2D eigenvalue weighted by Gasteiger charge is 2.22. The summed E-state index contributed by atoms with van der Waals surface area (Å²) in [6.07, 6.45) is 0. The molecule has 2 nitrogen and oxygen atoms in total. The Balaban J connectivity index is 2.09. The monoisotopic (exact) mass is 264 g/mol. The molecule has 0 radical (unpaired) electrons. The van der Waals surface area contributed by atoms with Crippen molar-refractivity contribution in [3.63, 3.8) is 0 Å². The quantitative estimate of drug-likeness (QED) is 0.821. The van der Waals surface area contributed by atoms with Crippen molar-refractivity contribution < 1.29 is 4.39 Å². The van der Waals surface area contributed by atoms with Gasteiger partial charge in [-0.2, -0.15) is 17.0 Å². The molecule has 96 valence electrons. The van der Waals surface area contributed by atoms with E-state index in [0.29, 0.717) is 16.1 Å². The van der Waals surface area contributed by atoms with Crippen molar-refractivity contribution in [3.05, 3.63) is 35.1 Å². The maximum Gasteiger partial charge on any atom is 0.124 e. The summed E-state index contributed by atoms with van der Waals surface area (Å²) >= 11 is 2.00. The molecule has 1 fully saturated rings. The Hall–Kier alpha value is -1.05. The Morgan fingerprint density at radius 3 is 2.61 bits per heavy atom. The van der Waals surface area contributed by atoms with Crippen LogP contribution in [0.1, 0.15) is 25.0 Å². The van der Waals surface area contributed by atoms with Gasteiger partial charge in [-0.15, -0.1) is 0 Å². The van der Waals surface area contributed by atoms with Gasteiger partial charge in [-0.3, -0.25) is 4.90 Å². The lowest BCUT2D eigenvalue weighted by Gasteiger charge is -2.34. The second kappa shape index (κ2) is 5.73. The molecule has 0 amide bonds. The molecule has 18 heavy (non-hydrogen) atoms. The van der Waals surface area contributed by atoms with Gasteiger partial charge < -0.3 is 0 Å². The molecule has 0 saturated carbocycles. The standard InChI is InChI=1S/C14H17FN2S/c1-10-7-17(8-11(2)18-10)9-13-3-12(6-16)4-14(15)5-13/h3-5,10-11H,7-9H2,1-2H3. The van der Waals surface area contributed by atoms with Crippen molar-refractivity contribution in [2.75, 3.05) is 13.1 Å². The molecule has 0 spiro atoms. The van der Waals surface area contributed by atoms with Gasteiger partial charge in [0, 0.05) is 30.1 Å². The third-order valence-corrected chi connectivity index (χ3v) is 4.22. The molecule has 2 rings (SSSR count). The van der Waals surface area contributed by atoms with Gasteiger partial charge in [-0.1, -0.05) is 13.8 Å². The lowest BCUT2D eigenvalue weighted by Crippen LogP contribution is -2.39. The number of benzene rings is 1. The van der Waals surface area contributed by atoms with Gasteiger partial charge in [0.25, 0.3) is 0 Å². The van der Waals surface area contributed by atoms with Gasteiger partial charge >= 0.3 is 0 Å². The minimum absolute atomic E-state index is 0.323. The molecule has 1 aliphatic heterocycles. The molecule has 1 aromatic rings. The first-order chi connectivity index (χ1) is 8.56. The first-order valence-electron chi connectivity index (χ1n) is 6.14. The van der Waals surface area contributed by atoms with Crippen molar-refractivity contribution in [2.45, 2.75) is 30.9 Å². The van der Waals surface area contributed by atoms with E-state index < -0.39 is 0 Å². The van der Waals surface area contributed by atoms with Gasteiger partial charge in [-0.25, -0.2) is 4.39 Å². The topological polar surface area (TPSA) is 27.0 Å². The zero-order valence-corrected chi connectivity index (χ0v) is 11.5. The van der Waals surface area contributed by atoms with Crippen molar-refractivity contribution in [2.24, 2.45) is 0 Å². The molecule has 0 aromatic heterocycles. The highest BCUT2D eigenvalue weighted by atomic mass is 32.2. The largest absolute Gasteiger partial charge is 0.297 e. The molecule has 1 aliphatic rings. The van der Waals surface area contributed by atoms with E-state index >= 15 is 0 Å². The zero-order valence-electron chi connectivity index (χ0n) is 10.7. The highest BCUT2D eigenvalue weighted by Crippen LogP contribution is 2.25. The van der Waals surface area contributed by atoms with Crippen LogP contribution in [0.4, 0.5) is 4.39 Å². The highest BCUT2D eigenvalue weighted by molar-refractivity contribution is 8.00. The summed E-state index contributed by atoms with van der Waals surface area (Å²) < 4.78 is 13.3. The maximum atomic E-state index is 13.3. The molecule has 4 heteroatoms. The summed E-state index contributed by atoms with van der Waals surface area (Å²) in [6.45, 7) is 7.21. The maximum absolute atomic E-state index is 13.3. The first kappa shape index (κ1) is 13.4. The average Bonchev–Trinajstić information content (AvgIpc) is 2.26. The number of hydrogen-bond donors (Lipinski definition) is 0. The Kier molecular flexibility index (Phi) is 4.26. The number of hydrogen-bond acceptors (Lipinski definition) is 3. The van der Waals surface area contributed by atoms with Gasteiger partial charge in [0.15, 0.2) is 0 Å². The van der Waals surface area contributed by atoms with E-state index in [1.54, 1.807) is 6.07 Å². The molecular weight excluding hydrogens is 247 g/mol. The molecule has 0 bridgehead atoms. The van der Waals surface area contributed by atoms with E-state index in [-0.39, 0.29) is 5.82 Å². The van der Waals surface area contributed by atoms with Crippen molar-refractivity contribution >= 4 is 11.8 Å². The SMILES string of the molecule is CC1CN(Cc2cc(F)cc(C#N)c2)CC(C)S1. The smallest absolute Gasteiger partial charge is 0.124 e. The Labute approximate surface area is 112 Å². The van der Waals surface area contributed by atoms with Crippen LogP contribution >= 0.6 is 11.8 Å². The van der Waals surface area contributed by atoms with Crippen molar-refractivity contribution in [1.82, 2.24) is 4.90 Å². The minimum Gasteiger partial charge on any atom is -0.297 e. The number of halogens is 1. The molecule has 1 saturated heterocycles. The minimum atomic E-state index is -0.323. The van der Waals surface area contributed by atoms with Gasteiger partial charge in [0.1, 0.15) is 5.82 Å². The van der Waals surface area contributed by atoms with E-state index in [1.165, 1.54) is 12.1 Å². The van der Waals surface area contributed by atoms with Crippen LogP contribution in [0, 0.1) is 17.1 Å². The van der Waals surface area contributed by atoms with Crippen LogP contribution in [-0.2, 0) is 6.54 Å². The molecule has 1 heterocycles. The summed E-state index contributed by atoms with van der Waals surface area (Å²) in [4.78, 5) is 2.34. The Morgan fingerprint density at radius 1 is 1.33 bits per heavy atom. The third kappa shape index (κ3) is 3.47. The number of nitrogens with zero attached hydrogens (tertiary/aromatic N) is 2. The Bertz CT molecular complexity index is 459. The van der Waals surface area contributed by atoms with E-state index in [9.17, 15) is 4.39 Å². The van der Waals surface area contributed by atoms with Crippen LogP contribution in [-0.4, -0.2) is 28.5 Å². The third-order valence-electron chi connectivity index (χ3n) is 2.99. The van der Waals surface area contributed by atoms with E-state index in [0.717, 1.165) is 25.2 Å². The van der Waals surface area contributed by atoms with Crippen LogP contribution in [0.2, 0.25) is 0 Å². The summed E-state index contributed by atoms with van der Waals surface area (Å²) in [5.41, 5.74) is 1.29. The van der Waals surface area contributed by atoms with E-state index in [4.69, 9.17) is 5.26 Å². The predicted octanol–water partition coefficient (Wildman–Crippen LogP) is 3.02. The van der Waals surface area contributed by atoms with Crippen LogP contribution in [0.15, 0.2) is 18.2 Å². The molecule has 1 aromatic carbocycles. The fourth-order valence-electron chi connectivity index (χ4n) is 2.48. The first-order valence-corrected chi connectivity index (χ1v) is 7.08. The average molecular weight is 264 g/mol. The lowest BCUT2D eigenvalue weighted by molar-refractivity contribution is 0.262.